The zero-order chi connectivity index (χ0) is 19.1. The maximum atomic E-state index is 13.3. The highest BCUT2D eigenvalue weighted by atomic mass is 16.3. The lowest BCUT2D eigenvalue weighted by atomic mass is 9.66. The fraction of sp³-hybridized carbons (Fsp3) is 0.391. The van der Waals surface area contributed by atoms with E-state index < -0.39 is 5.60 Å². The molecule has 3 aromatic rings. The molecule has 0 radical (unpaired) electrons. The third-order valence-corrected chi connectivity index (χ3v) is 6.60. The third-order valence-electron chi connectivity index (χ3n) is 6.60. The lowest BCUT2D eigenvalue weighted by Crippen LogP contribution is -2.59. The van der Waals surface area contributed by atoms with Gasteiger partial charge in [-0.05, 0) is 37.0 Å². The Kier molecular flexibility index (Phi) is 4.20. The Hall–Kier alpha value is -2.66. The molecule has 5 nitrogen and oxygen atoms in total. The summed E-state index contributed by atoms with van der Waals surface area (Å²) in [6.07, 6.45) is 4.63. The number of carbonyl (C=O) groups excluding carboxylic acids is 1. The largest absolute Gasteiger partial charge is 0.385 e. The minimum absolute atomic E-state index is 0.0495. The summed E-state index contributed by atoms with van der Waals surface area (Å²) in [5.74, 6) is 0.407. The molecule has 2 N–H and O–H groups in total. The van der Waals surface area contributed by atoms with Crippen molar-refractivity contribution in [1.82, 2.24) is 14.9 Å². The van der Waals surface area contributed by atoms with Crippen LogP contribution < -0.4 is 0 Å². The predicted molar refractivity (Wildman–Crippen MR) is 108 cm³/mol. The van der Waals surface area contributed by atoms with Gasteiger partial charge in [0.25, 0.3) is 5.91 Å². The van der Waals surface area contributed by atoms with Crippen molar-refractivity contribution in [3.63, 3.8) is 0 Å². The lowest BCUT2D eigenvalue weighted by molar-refractivity contribution is -0.110. The molecule has 1 saturated heterocycles. The molecular weight excluding hydrogens is 350 g/mol. The number of nitrogens with zero attached hydrogens (tertiary/aromatic N) is 2. The quantitative estimate of drug-likeness (QED) is 0.715. The Bertz CT molecular complexity index is 966. The van der Waals surface area contributed by atoms with Crippen molar-refractivity contribution >= 4 is 16.9 Å². The van der Waals surface area contributed by atoms with Crippen LogP contribution in [0, 0.1) is 5.92 Å². The Morgan fingerprint density at radius 3 is 2.64 bits per heavy atom. The molecular formula is C23H25N3O2. The molecule has 0 spiro atoms. The zero-order valence-corrected chi connectivity index (χ0v) is 15.8. The highest BCUT2D eigenvalue weighted by Crippen LogP contribution is 2.47. The molecule has 3 atom stereocenters. The molecule has 5 rings (SSSR count). The number of fused-ring (bicyclic) bond motifs is 2. The van der Waals surface area contributed by atoms with Crippen molar-refractivity contribution in [3.8, 4) is 0 Å². The summed E-state index contributed by atoms with van der Waals surface area (Å²) in [7, 11) is 0. The smallest absolute Gasteiger partial charge is 0.289 e. The first kappa shape index (κ1) is 17.4. The van der Waals surface area contributed by atoms with Crippen molar-refractivity contribution in [3.05, 3.63) is 66.0 Å². The number of carbonyl (C=O) groups is 1. The van der Waals surface area contributed by atoms with E-state index in [1.165, 1.54) is 0 Å². The number of nitrogens with one attached hydrogen (secondary N) is 1. The van der Waals surface area contributed by atoms with E-state index >= 15 is 0 Å². The van der Waals surface area contributed by atoms with Crippen LogP contribution in [0.1, 0.15) is 48.3 Å². The third kappa shape index (κ3) is 2.73. The number of amides is 1. The van der Waals surface area contributed by atoms with Crippen LogP contribution in [0.2, 0.25) is 0 Å². The monoisotopic (exact) mass is 375 g/mol. The number of hydrogen-bond donors (Lipinski definition) is 2. The first-order chi connectivity index (χ1) is 13.7. The molecule has 1 aromatic heterocycles. The number of imidazole rings is 1. The molecule has 1 saturated carbocycles. The second kappa shape index (κ2) is 6.74. The summed E-state index contributed by atoms with van der Waals surface area (Å²) in [6.45, 7) is 0.544. The van der Waals surface area contributed by atoms with Crippen LogP contribution in [0.4, 0.5) is 0 Å². The van der Waals surface area contributed by atoms with Gasteiger partial charge in [-0.2, -0.15) is 0 Å². The number of aromatic amines is 1. The average Bonchev–Trinajstić information content (AvgIpc) is 3.19. The van der Waals surface area contributed by atoms with E-state index in [0.29, 0.717) is 18.8 Å². The van der Waals surface area contributed by atoms with Gasteiger partial charge in [0.05, 0.1) is 16.6 Å². The molecule has 0 bridgehead atoms. The van der Waals surface area contributed by atoms with Gasteiger partial charge in [-0.25, -0.2) is 4.98 Å². The molecule has 144 valence electrons. The van der Waals surface area contributed by atoms with E-state index in [4.69, 9.17) is 0 Å². The van der Waals surface area contributed by atoms with Gasteiger partial charge in [-0.1, -0.05) is 55.3 Å². The summed E-state index contributed by atoms with van der Waals surface area (Å²) in [5.41, 5.74) is 1.80. The first-order valence-electron chi connectivity index (χ1n) is 10.2. The van der Waals surface area contributed by atoms with E-state index in [9.17, 15) is 9.90 Å². The van der Waals surface area contributed by atoms with Crippen LogP contribution in [0.15, 0.2) is 54.6 Å². The summed E-state index contributed by atoms with van der Waals surface area (Å²) in [4.78, 5) is 23.0. The summed E-state index contributed by atoms with van der Waals surface area (Å²) >= 11 is 0. The standard InChI is InChI=1S/C23H25N3O2/c27-22(21-24-18-11-5-6-12-19(18)25-21)26-15-14-23(28,16-8-2-1-3-9-16)17-10-4-7-13-20(17)26/h1-3,5-6,8-9,11-12,17,20,28H,4,7,10,13-15H2,(H,24,25)/t17-,20-,23-/m1/s1. The van der Waals surface area contributed by atoms with Crippen LogP contribution in [0.25, 0.3) is 11.0 Å². The van der Waals surface area contributed by atoms with E-state index in [0.717, 1.165) is 42.3 Å². The van der Waals surface area contributed by atoms with Crippen LogP contribution >= 0.6 is 0 Å². The number of piperidine rings is 1. The number of rotatable bonds is 2. The maximum Gasteiger partial charge on any atom is 0.289 e. The van der Waals surface area contributed by atoms with Gasteiger partial charge < -0.3 is 15.0 Å². The van der Waals surface area contributed by atoms with Crippen LogP contribution in [-0.2, 0) is 5.60 Å². The van der Waals surface area contributed by atoms with E-state index in [-0.39, 0.29) is 17.9 Å². The predicted octanol–water partition coefficient (Wildman–Crippen LogP) is 3.86. The van der Waals surface area contributed by atoms with Gasteiger partial charge in [0.1, 0.15) is 0 Å². The van der Waals surface area contributed by atoms with Crippen LogP contribution in [0.3, 0.4) is 0 Å². The van der Waals surface area contributed by atoms with E-state index in [2.05, 4.69) is 9.97 Å². The lowest BCUT2D eigenvalue weighted by Gasteiger charge is -2.52. The Balaban J connectivity index is 1.48. The number of hydrogen-bond acceptors (Lipinski definition) is 3. The minimum atomic E-state index is -0.864. The van der Waals surface area contributed by atoms with Gasteiger partial charge in [0, 0.05) is 18.5 Å². The second-order valence-corrected chi connectivity index (χ2v) is 8.10. The van der Waals surface area contributed by atoms with Crippen molar-refractivity contribution in [2.24, 2.45) is 5.92 Å². The average molecular weight is 375 g/mol. The highest BCUT2D eigenvalue weighted by molar-refractivity contribution is 5.94. The fourth-order valence-corrected chi connectivity index (χ4v) is 5.21. The Morgan fingerprint density at radius 2 is 1.82 bits per heavy atom. The number of likely N-dealkylation sites (tertiary alicyclic amines) is 1. The summed E-state index contributed by atoms with van der Waals surface area (Å²) < 4.78 is 0. The van der Waals surface area contributed by atoms with Crippen LogP contribution in [0.5, 0.6) is 0 Å². The van der Waals surface area contributed by atoms with Crippen LogP contribution in [-0.4, -0.2) is 38.5 Å². The van der Waals surface area contributed by atoms with Gasteiger partial charge >= 0.3 is 0 Å². The van der Waals surface area contributed by atoms with Crippen molar-refractivity contribution in [2.45, 2.75) is 43.7 Å². The number of benzene rings is 2. The molecule has 1 aliphatic carbocycles. The SMILES string of the molecule is O=C(c1nc2ccccc2[nH]1)N1CC[C@@](O)(c2ccccc2)[C@@H]2CCCC[C@H]21. The number of H-pyrrole nitrogens is 1. The van der Waals surface area contributed by atoms with Crippen molar-refractivity contribution in [2.75, 3.05) is 6.54 Å². The Morgan fingerprint density at radius 1 is 1.07 bits per heavy atom. The Labute approximate surface area is 164 Å². The highest BCUT2D eigenvalue weighted by Gasteiger charge is 2.50. The first-order valence-corrected chi connectivity index (χ1v) is 10.2. The molecule has 2 fully saturated rings. The molecule has 1 amide bonds. The summed E-state index contributed by atoms with van der Waals surface area (Å²) in [6, 6.07) is 17.7. The number of aliphatic hydroxyl groups is 1. The van der Waals surface area contributed by atoms with E-state index in [1.807, 2.05) is 59.5 Å². The van der Waals surface area contributed by atoms with Gasteiger partial charge in [0.2, 0.25) is 0 Å². The maximum absolute atomic E-state index is 13.3. The van der Waals surface area contributed by atoms with Gasteiger partial charge in [-0.15, -0.1) is 0 Å². The van der Waals surface area contributed by atoms with E-state index in [1.54, 1.807) is 0 Å². The normalized spacial score (nSPS) is 27.5. The zero-order valence-electron chi connectivity index (χ0n) is 15.8. The molecule has 1 aliphatic heterocycles. The second-order valence-electron chi connectivity index (χ2n) is 8.10. The van der Waals surface area contributed by atoms with Gasteiger partial charge in [-0.3, -0.25) is 4.79 Å². The topological polar surface area (TPSA) is 69.2 Å². The number of para-hydroxylation sites is 2. The molecule has 2 aromatic carbocycles. The molecule has 2 heterocycles. The minimum Gasteiger partial charge on any atom is -0.385 e. The molecule has 0 unspecified atom stereocenters. The fourth-order valence-electron chi connectivity index (χ4n) is 5.21. The van der Waals surface area contributed by atoms with Gasteiger partial charge in [0.15, 0.2) is 5.82 Å². The number of aromatic nitrogens is 2. The van der Waals surface area contributed by atoms with Crippen molar-refractivity contribution in [1.29, 1.82) is 0 Å². The molecule has 28 heavy (non-hydrogen) atoms. The molecule has 2 aliphatic rings. The van der Waals surface area contributed by atoms with Crippen molar-refractivity contribution < 1.29 is 9.90 Å². The molecule has 5 heteroatoms. The summed E-state index contributed by atoms with van der Waals surface area (Å²) in [5, 5.41) is 11.7.